The highest BCUT2D eigenvalue weighted by Gasteiger charge is 2.14. The van der Waals surface area contributed by atoms with Crippen molar-refractivity contribution in [3.05, 3.63) is 37.5 Å². The zero-order chi connectivity index (χ0) is 7.49. The maximum absolute atomic E-state index is 3.83. The van der Waals surface area contributed by atoms with Crippen molar-refractivity contribution >= 4 is 0 Å². The molecule has 0 unspecified atom stereocenters. The maximum atomic E-state index is 3.83. The Kier molecular flexibility index (Phi) is 2.44. The number of hydrogen-bond donors (Lipinski definition) is 0. The standard InChI is InChI=1S/C9H14/c1-6-9(5,7-2)8(3)4/h6-7H,1-3H2,4-5H3. The largest absolute Gasteiger partial charge is 0.102 e. The quantitative estimate of drug-likeness (QED) is 0.505. The van der Waals surface area contributed by atoms with Crippen LogP contribution in [0, 0.1) is 5.41 Å². The molecule has 0 nitrogen and oxygen atoms in total. The van der Waals surface area contributed by atoms with Gasteiger partial charge in [0.25, 0.3) is 0 Å². The Morgan fingerprint density at radius 1 is 1.33 bits per heavy atom. The molecule has 9 heavy (non-hydrogen) atoms. The predicted octanol–water partition coefficient (Wildman–Crippen LogP) is 2.94. The summed E-state index contributed by atoms with van der Waals surface area (Å²) in [6.07, 6.45) is 3.70. The summed E-state index contributed by atoms with van der Waals surface area (Å²) in [5.41, 5.74) is 0.993. The van der Waals surface area contributed by atoms with E-state index in [-0.39, 0.29) is 5.41 Å². The van der Waals surface area contributed by atoms with Crippen molar-refractivity contribution in [1.29, 1.82) is 0 Å². The molecule has 0 amide bonds. The summed E-state index contributed by atoms with van der Waals surface area (Å²) in [4.78, 5) is 0. The van der Waals surface area contributed by atoms with E-state index in [2.05, 4.69) is 19.7 Å². The van der Waals surface area contributed by atoms with Crippen LogP contribution < -0.4 is 0 Å². The van der Waals surface area contributed by atoms with E-state index < -0.39 is 0 Å². The van der Waals surface area contributed by atoms with E-state index in [9.17, 15) is 0 Å². The lowest BCUT2D eigenvalue weighted by Gasteiger charge is -2.20. The fourth-order valence-corrected chi connectivity index (χ4v) is 0.432. The molecule has 0 aromatic rings. The average molecular weight is 122 g/mol. The highest BCUT2D eigenvalue weighted by molar-refractivity contribution is 5.21. The molecular weight excluding hydrogens is 108 g/mol. The van der Waals surface area contributed by atoms with Crippen molar-refractivity contribution in [3.63, 3.8) is 0 Å². The predicted molar refractivity (Wildman–Crippen MR) is 43.3 cm³/mol. The van der Waals surface area contributed by atoms with Crippen LogP contribution in [-0.4, -0.2) is 0 Å². The summed E-state index contributed by atoms with van der Waals surface area (Å²) in [5, 5.41) is 0. The van der Waals surface area contributed by atoms with Gasteiger partial charge in [0.05, 0.1) is 0 Å². The molecule has 0 fully saturated rings. The summed E-state index contributed by atoms with van der Waals surface area (Å²) >= 11 is 0. The van der Waals surface area contributed by atoms with Crippen LogP contribution in [0.4, 0.5) is 0 Å². The van der Waals surface area contributed by atoms with Gasteiger partial charge < -0.3 is 0 Å². The van der Waals surface area contributed by atoms with Gasteiger partial charge in [-0.3, -0.25) is 0 Å². The summed E-state index contributed by atoms with van der Waals surface area (Å²) in [7, 11) is 0. The summed E-state index contributed by atoms with van der Waals surface area (Å²) < 4.78 is 0. The molecule has 0 heteroatoms. The molecule has 0 aliphatic rings. The van der Waals surface area contributed by atoms with E-state index >= 15 is 0 Å². The summed E-state index contributed by atoms with van der Waals surface area (Å²) in [6, 6.07) is 0. The average Bonchev–Trinajstić information content (AvgIpc) is 1.86. The third-order valence-corrected chi connectivity index (χ3v) is 1.77. The van der Waals surface area contributed by atoms with Crippen molar-refractivity contribution < 1.29 is 0 Å². The maximum Gasteiger partial charge on any atom is 0.0232 e. The van der Waals surface area contributed by atoms with Crippen LogP contribution in [0.5, 0.6) is 0 Å². The van der Waals surface area contributed by atoms with Crippen molar-refractivity contribution in [1.82, 2.24) is 0 Å². The minimum Gasteiger partial charge on any atom is -0.102 e. The van der Waals surface area contributed by atoms with Crippen molar-refractivity contribution in [2.75, 3.05) is 0 Å². The van der Waals surface area contributed by atoms with Gasteiger partial charge in [-0.15, -0.1) is 13.2 Å². The molecule has 0 aliphatic carbocycles. The van der Waals surface area contributed by atoms with E-state index in [1.165, 1.54) is 0 Å². The van der Waals surface area contributed by atoms with Crippen LogP contribution >= 0.6 is 0 Å². The molecule has 0 spiro atoms. The molecule has 0 atom stereocenters. The third-order valence-electron chi connectivity index (χ3n) is 1.77. The molecule has 0 radical (unpaired) electrons. The highest BCUT2D eigenvalue weighted by atomic mass is 14.2. The SMILES string of the molecule is C=CC(C)(C=C)C(=C)C. The van der Waals surface area contributed by atoms with Gasteiger partial charge in [0.1, 0.15) is 0 Å². The highest BCUT2D eigenvalue weighted by Crippen LogP contribution is 2.26. The molecule has 0 bridgehead atoms. The first-order valence-electron chi connectivity index (χ1n) is 3.00. The Hall–Kier alpha value is -0.780. The second kappa shape index (κ2) is 2.67. The smallest absolute Gasteiger partial charge is 0.0232 e. The minimum absolute atomic E-state index is 0.0833. The Bertz CT molecular complexity index is 132. The van der Waals surface area contributed by atoms with Gasteiger partial charge in [-0.25, -0.2) is 0 Å². The molecule has 0 aromatic carbocycles. The lowest BCUT2D eigenvalue weighted by atomic mass is 9.84. The summed E-state index contributed by atoms with van der Waals surface area (Å²) in [5.74, 6) is 0. The fraction of sp³-hybridized carbons (Fsp3) is 0.333. The molecule has 0 aliphatic heterocycles. The molecule has 0 rings (SSSR count). The van der Waals surface area contributed by atoms with Crippen LogP contribution in [-0.2, 0) is 0 Å². The zero-order valence-electron chi connectivity index (χ0n) is 6.28. The first-order valence-corrected chi connectivity index (χ1v) is 3.00. The third kappa shape index (κ3) is 1.56. The molecule has 0 heterocycles. The monoisotopic (exact) mass is 122 g/mol. The van der Waals surface area contributed by atoms with Gasteiger partial charge in [0, 0.05) is 5.41 Å². The van der Waals surface area contributed by atoms with E-state index in [1.54, 1.807) is 0 Å². The molecule has 0 aromatic heterocycles. The molecule has 0 N–H and O–H groups in total. The topological polar surface area (TPSA) is 0 Å². The Balaban J connectivity index is 4.46. The van der Waals surface area contributed by atoms with Gasteiger partial charge in [0.2, 0.25) is 0 Å². The van der Waals surface area contributed by atoms with Crippen molar-refractivity contribution in [2.24, 2.45) is 5.41 Å². The molecule has 0 saturated heterocycles. The van der Waals surface area contributed by atoms with Gasteiger partial charge in [-0.1, -0.05) is 24.3 Å². The van der Waals surface area contributed by atoms with Gasteiger partial charge >= 0.3 is 0 Å². The zero-order valence-corrected chi connectivity index (χ0v) is 6.28. The second-order valence-electron chi connectivity index (χ2n) is 2.47. The first kappa shape index (κ1) is 8.22. The minimum atomic E-state index is -0.0833. The van der Waals surface area contributed by atoms with Crippen molar-refractivity contribution in [2.45, 2.75) is 13.8 Å². The van der Waals surface area contributed by atoms with E-state index in [0.29, 0.717) is 0 Å². The molecule has 0 saturated carbocycles. The Labute approximate surface area is 57.6 Å². The molecule has 50 valence electrons. The van der Waals surface area contributed by atoms with Gasteiger partial charge in [-0.05, 0) is 13.8 Å². The lowest BCUT2D eigenvalue weighted by Crippen LogP contribution is -2.08. The number of allylic oxidation sites excluding steroid dienone is 3. The number of rotatable bonds is 3. The number of hydrogen-bond acceptors (Lipinski definition) is 0. The Morgan fingerprint density at radius 3 is 1.67 bits per heavy atom. The second-order valence-corrected chi connectivity index (χ2v) is 2.47. The lowest BCUT2D eigenvalue weighted by molar-refractivity contribution is 0.669. The van der Waals surface area contributed by atoms with Crippen molar-refractivity contribution in [3.8, 4) is 0 Å². The van der Waals surface area contributed by atoms with Crippen LogP contribution in [0.1, 0.15) is 13.8 Å². The van der Waals surface area contributed by atoms with Crippen LogP contribution in [0.2, 0.25) is 0 Å². The molecular formula is C9H14. The van der Waals surface area contributed by atoms with Crippen LogP contribution in [0.25, 0.3) is 0 Å². The van der Waals surface area contributed by atoms with Crippen LogP contribution in [0.15, 0.2) is 37.5 Å². The van der Waals surface area contributed by atoms with E-state index in [1.807, 2.05) is 26.0 Å². The van der Waals surface area contributed by atoms with E-state index in [4.69, 9.17) is 0 Å². The first-order chi connectivity index (χ1) is 4.06. The van der Waals surface area contributed by atoms with Gasteiger partial charge in [-0.2, -0.15) is 0 Å². The van der Waals surface area contributed by atoms with Gasteiger partial charge in [0.15, 0.2) is 0 Å². The normalized spacial score (nSPS) is 10.4. The Morgan fingerprint density at radius 2 is 1.67 bits per heavy atom. The summed E-state index contributed by atoms with van der Waals surface area (Å²) in [6.45, 7) is 15.2. The van der Waals surface area contributed by atoms with Crippen LogP contribution in [0.3, 0.4) is 0 Å². The fourth-order valence-electron chi connectivity index (χ4n) is 0.432. The van der Waals surface area contributed by atoms with E-state index in [0.717, 1.165) is 5.57 Å².